The normalized spacial score (nSPS) is 20.0. The summed E-state index contributed by atoms with van der Waals surface area (Å²) in [6.45, 7) is 14.2. The van der Waals surface area contributed by atoms with Crippen molar-refractivity contribution in [3.8, 4) is 0 Å². The molecule has 2 heterocycles. The van der Waals surface area contributed by atoms with Gasteiger partial charge in [-0.25, -0.2) is 0 Å². The molecule has 0 spiro atoms. The third-order valence-electron chi connectivity index (χ3n) is 5.48. The first kappa shape index (κ1) is 22.4. The van der Waals surface area contributed by atoms with E-state index in [0.29, 0.717) is 5.92 Å². The summed E-state index contributed by atoms with van der Waals surface area (Å²) in [5.41, 5.74) is 2.93. The molecule has 0 aromatic heterocycles. The Bertz CT molecular complexity index is 598. The molecule has 0 saturated carbocycles. The highest BCUT2D eigenvalue weighted by Gasteiger charge is 2.20. The second-order valence-corrected chi connectivity index (χ2v) is 7.84. The average molecular weight is 485 g/mol. The molecule has 152 valence electrons. The van der Waals surface area contributed by atoms with Crippen molar-refractivity contribution in [2.75, 3.05) is 59.4 Å². The number of hydrogen-bond donors (Lipinski definition) is 1. The molecule has 0 amide bonds. The van der Waals surface area contributed by atoms with Gasteiger partial charge in [-0.3, -0.25) is 4.99 Å². The Hall–Kier alpha value is -0.860. The number of benzene rings is 1. The first-order valence-electron chi connectivity index (χ1n) is 10.2. The van der Waals surface area contributed by atoms with E-state index in [4.69, 9.17) is 4.99 Å². The van der Waals surface area contributed by atoms with Gasteiger partial charge in [-0.05, 0) is 37.4 Å². The maximum atomic E-state index is 4.98. The highest BCUT2D eigenvalue weighted by atomic mass is 127. The minimum Gasteiger partial charge on any atom is -0.357 e. The van der Waals surface area contributed by atoms with Gasteiger partial charge < -0.3 is 20.0 Å². The Morgan fingerprint density at radius 3 is 2.52 bits per heavy atom. The molecule has 1 N–H and O–H groups in total. The van der Waals surface area contributed by atoms with Gasteiger partial charge in [0.05, 0.1) is 0 Å². The monoisotopic (exact) mass is 485 g/mol. The molecule has 6 heteroatoms. The molecule has 0 bridgehead atoms. The minimum atomic E-state index is 0. The molecule has 1 unspecified atom stereocenters. The molecule has 1 saturated heterocycles. The predicted molar refractivity (Wildman–Crippen MR) is 125 cm³/mol. The predicted octanol–water partition coefficient (Wildman–Crippen LogP) is 2.51. The number of piperazine rings is 1. The van der Waals surface area contributed by atoms with Gasteiger partial charge >= 0.3 is 0 Å². The van der Waals surface area contributed by atoms with Crippen LogP contribution in [0.15, 0.2) is 29.3 Å². The molecule has 0 aliphatic carbocycles. The van der Waals surface area contributed by atoms with E-state index in [1.807, 2.05) is 0 Å². The lowest BCUT2D eigenvalue weighted by molar-refractivity contribution is 0.140. The quantitative estimate of drug-likeness (QED) is 0.395. The minimum absolute atomic E-state index is 0. The molecule has 2 aliphatic heterocycles. The van der Waals surface area contributed by atoms with E-state index < -0.39 is 0 Å². The molecule has 1 fully saturated rings. The van der Waals surface area contributed by atoms with Crippen molar-refractivity contribution in [3.63, 3.8) is 0 Å². The van der Waals surface area contributed by atoms with Crippen molar-refractivity contribution in [1.29, 1.82) is 0 Å². The number of nitrogens with zero attached hydrogens (tertiary/aromatic N) is 4. The van der Waals surface area contributed by atoms with Gasteiger partial charge in [-0.2, -0.15) is 0 Å². The molecule has 1 aromatic rings. The summed E-state index contributed by atoms with van der Waals surface area (Å²) in [7, 11) is 2.21. The molecule has 27 heavy (non-hydrogen) atoms. The van der Waals surface area contributed by atoms with Crippen molar-refractivity contribution in [2.45, 2.75) is 26.8 Å². The number of aliphatic imine (C=N–C) groups is 1. The maximum absolute atomic E-state index is 4.98. The van der Waals surface area contributed by atoms with Gasteiger partial charge in [-0.15, -0.1) is 24.0 Å². The maximum Gasteiger partial charge on any atom is 0.194 e. The number of halogens is 1. The number of rotatable bonds is 5. The van der Waals surface area contributed by atoms with Gasteiger partial charge in [0.2, 0.25) is 0 Å². The first-order valence-corrected chi connectivity index (χ1v) is 10.2. The number of nitrogens with one attached hydrogen (secondary N) is 1. The third kappa shape index (κ3) is 6.61. The van der Waals surface area contributed by atoms with Crippen LogP contribution in [-0.2, 0) is 13.0 Å². The molecule has 1 aromatic carbocycles. The van der Waals surface area contributed by atoms with Crippen LogP contribution in [0.25, 0.3) is 0 Å². The third-order valence-corrected chi connectivity index (χ3v) is 5.48. The summed E-state index contributed by atoms with van der Waals surface area (Å²) in [6, 6.07) is 8.80. The summed E-state index contributed by atoms with van der Waals surface area (Å²) in [5.74, 6) is 1.66. The lowest BCUT2D eigenvalue weighted by atomic mass is 10.0. The first-order chi connectivity index (χ1) is 12.7. The van der Waals surface area contributed by atoms with Crippen LogP contribution in [0.5, 0.6) is 0 Å². The van der Waals surface area contributed by atoms with E-state index >= 15 is 0 Å². The van der Waals surface area contributed by atoms with E-state index in [1.165, 1.54) is 37.3 Å². The Labute approximate surface area is 182 Å². The van der Waals surface area contributed by atoms with Crippen LogP contribution in [-0.4, -0.2) is 80.1 Å². The van der Waals surface area contributed by atoms with Gasteiger partial charge in [-0.1, -0.05) is 31.2 Å². The molecule has 5 nitrogen and oxygen atoms in total. The van der Waals surface area contributed by atoms with Gasteiger partial charge in [0.1, 0.15) is 0 Å². The summed E-state index contributed by atoms with van der Waals surface area (Å²) in [6.07, 6.45) is 1.11. The van der Waals surface area contributed by atoms with Crippen molar-refractivity contribution >= 4 is 29.9 Å². The highest BCUT2D eigenvalue weighted by Crippen LogP contribution is 2.18. The Morgan fingerprint density at radius 2 is 1.81 bits per heavy atom. The topological polar surface area (TPSA) is 34.1 Å². The molecule has 1 atom stereocenters. The zero-order valence-corrected chi connectivity index (χ0v) is 19.5. The molecule has 0 radical (unpaired) electrons. The van der Waals surface area contributed by atoms with E-state index in [0.717, 1.165) is 45.1 Å². The molecular weight excluding hydrogens is 449 g/mol. The van der Waals surface area contributed by atoms with Crippen molar-refractivity contribution < 1.29 is 0 Å². The Morgan fingerprint density at radius 1 is 1.11 bits per heavy atom. The molecular formula is C21H36IN5. The number of likely N-dealkylation sites (N-methyl/N-ethyl adjacent to an activating group) is 1. The number of hydrogen-bond acceptors (Lipinski definition) is 3. The summed E-state index contributed by atoms with van der Waals surface area (Å²) in [4.78, 5) is 12.4. The fraction of sp³-hybridized carbons (Fsp3) is 0.667. The van der Waals surface area contributed by atoms with Crippen LogP contribution in [0.1, 0.15) is 25.0 Å². The Balaban J connectivity index is 0.00000261. The molecule has 2 aliphatic rings. The van der Waals surface area contributed by atoms with Crippen LogP contribution in [0.4, 0.5) is 0 Å². The van der Waals surface area contributed by atoms with Crippen LogP contribution in [0, 0.1) is 5.92 Å². The summed E-state index contributed by atoms with van der Waals surface area (Å²) in [5, 5.41) is 3.50. The Kier molecular flexibility index (Phi) is 9.32. The summed E-state index contributed by atoms with van der Waals surface area (Å²) < 4.78 is 0. The van der Waals surface area contributed by atoms with Crippen LogP contribution < -0.4 is 5.32 Å². The lowest BCUT2D eigenvalue weighted by Crippen LogP contribution is -2.46. The number of fused-ring (bicyclic) bond motifs is 1. The van der Waals surface area contributed by atoms with Gasteiger partial charge in [0.15, 0.2) is 5.96 Å². The van der Waals surface area contributed by atoms with Gasteiger partial charge in [0, 0.05) is 58.9 Å². The second kappa shape index (κ2) is 11.2. The molecule has 3 rings (SSSR count). The van der Waals surface area contributed by atoms with Crippen molar-refractivity contribution in [1.82, 2.24) is 20.0 Å². The highest BCUT2D eigenvalue weighted by molar-refractivity contribution is 14.0. The summed E-state index contributed by atoms with van der Waals surface area (Å²) >= 11 is 0. The van der Waals surface area contributed by atoms with Crippen LogP contribution in [0.2, 0.25) is 0 Å². The van der Waals surface area contributed by atoms with E-state index in [-0.39, 0.29) is 24.0 Å². The fourth-order valence-corrected chi connectivity index (χ4v) is 3.87. The lowest BCUT2D eigenvalue weighted by Gasteiger charge is -2.34. The van der Waals surface area contributed by atoms with E-state index in [9.17, 15) is 0 Å². The zero-order chi connectivity index (χ0) is 18.4. The largest absolute Gasteiger partial charge is 0.357 e. The van der Waals surface area contributed by atoms with Crippen LogP contribution in [0.3, 0.4) is 0 Å². The van der Waals surface area contributed by atoms with E-state index in [2.05, 4.69) is 65.2 Å². The smallest absolute Gasteiger partial charge is 0.194 e. The van der Waals surface area contributed by atoms with E-state index in [1.54, 1.807) is 0 Å². The average Bonchev–Trinajstić information content (AvgIpc) is 2.66. The second-order valence-electron chi connectivity index (χ2n) is 7.84. The van der Waals surface area contributed by atoms with Gasteiger partial charge in [0.25, 0.3) is 0 Å². The van der Waals surface area contributed by atoms with Crippen molar-refractivity contribution in [2.24, 2.45) is 10.9 Å². The zero-order valence-electron chi connectivity index (χ0n) is 17.2. The van der Waals surface area contributed by atoms with Crippen LogP contribution >= 0.6 is 24.0 Å². The standard InChI is InChI=1S/C21H35N5.HI/c1-4-22-21(26-10-9-19-7-5-6-8-20(19)17-26)23-15-18(2)16-25-13-11-24(3)12-14-25;/h5-8,18H,4,9-17H2,1-3H3,(H,22,23);1H. The number of guanidine groups is 1. The SMILES string of the molecule is CCNC(=NCC(C)CN1CCN(C)CC1)N1CCc2ccccc2C1.I. The fourth-order valence-electron chi connectivity index (χ4n) is 3.87. The van der Waals surface area contributed by atoms with Crippen molar-refractivity contribution in [3.05, 3.63) is 35.4 Å².